The normalized spacial score (nSPS) is 24.5. The Bertz CT molecular complexity index is 534. The van der Waals surface area contributed by atoms with Crippen LogP contribution in [-0.2, 0) is 0 Å². The second-order valence-corrected chi connectivity index (χ2v) is 5.68. The number of nitrogen functional groups attached to an aromatic ring is 1. The number of fused-ring (bicyclic) bond motifs is 1. The Labute approximate surface area is 105 Å². The molecule has 1 heterocycles. The molecule has 2 N–H and O–H groups in total. The van der Waals surface area contributed by atoms with Gasteiger partial charge in [0.05, 0.1) is 11.0 Å². The van der Waals surface area contributed by atoms with E-state index >= 15 is 0 Å². The molecule has 0 amide bonds. The molecule has 1 aromatic heterocycles. The van der Waals surface area contributed by atoms with Crippen molar-refractivity contribution in [1.29, 1.82) is 0 Å². The summed E-state index contributed by atoms with van der Waals surface area (Å²) in [5.74, 6) is 0.664. The Kier molecular flexibility index (Phi) is 2.74. The smallest absolute Gasteiger partial charge is 0.201 e. The van der Waals surface area contributed by atoms with Crippen molar-refractivity contribution < 1.29 is 0 Å². The van der Waals surface area contributed by atoms with Gasteiger partial charge >= 0.3 is 0 Å². The van der Waals surface area contributed by atoms with Gasteiger partial charge in [0.15, 0.2) is 0 Å². The average Bonchev–Trinajstić information content (AvgIpc) is 2.90. The van der Waals surface area contributed by atoms with Crippen LogP contribution < -0.4 is 5.73 Å². The van der Waals surface area contributed by atoms with Crippen LogP contribution in [0.5, 0.6) is 0 Å². The molecule has 2 unspecified atom stereocenters. The van der Waals surface area contributed by atoms with E-state index in [1.54, 1.807) is 0 Å². The fourth-order valence-corrected chi connectivity index (χ4v) is 3.86. The Morgan fingerprint density at radius 2 is 2.18 bits per heavy atom. The maximum absolute atomic E-state index is 6.09. The lowest BCUT2D eigenvalue weighted by Crippen LogP contribution is -2.17. The zero-order valence-electron chi connectivity index (χ0n) is 9.97. The van der Waals surface area contributed by atoms with Gasteiger partial charge in [-0.25, -0.2) is 4.98 Å². The highest BCUT2D eigenvalue weighted by Gasteiger charge is 2.30. The molecule has 4 heteroatoms. The number of nitrogens with zero attached hydrogens (tertiary/aromatic N) is 2. The fourth-order valence-electron chi connectivity index (χ4n) is 2.89. The van der Waals surface area contributed by atoms with Crippen molar-refractivity contribution in [2.45, 2.75) is 30.6 Å². The Balaban J connectivity index is 2.13. The van der Waals surface area contributed by atoms with Gasteiger partial charge in [0.25, 0.3) is 0 Å². The lowest BCUT2D eigenvalue weighted by Gasteiger charge is -2.21. The molecule has 1 fully saturated rings. The summed E-state index contributed by atoms with van der Waals surface area (Å²) in [5.41, 5.74) is 8.28. The van der Waals surface area contributed by atoms with E-state index in [0.717, 1.165) is 5.52 Å². The molecule has 0 spiro atoms. The summed E-state index contributed by atoms with van der Waals surface area (Å²) >= 11 is 1.95. The molecule has 0 saturated heterocycles. The molecule has 90 valence electrons. The predicted molar refractivity (Wildman–Crippen MR) is 74.3 cm³/mol. The van der Waals surface area contributed by atoms with Crippen LogP contribution in [0.1, 0.15) is 25.3 Å². The van der Waals surface area contributed by atoms with Gasteiger partial charge in [0.1, 0.15) is 0 Å². The zero-order chi connectivity index (χ0) is 11.8. The van der Waals surface area contributed by atoms with Crippen LogP contribution in [0.4, 0.5) is 5.95 Å². The third-order valence-corrected chi connectivity index (χ3v) is 4.83. The van der Waals surface area contributed by atoms with Crippen LogP contribution in [0.25, 0.3) is 11.0 Å². The molecule has 3 nitrogen and oxygen atoms in total. The Morgan fingerprint density at radius 1 is 1.35 bits per heavy atom. The lowest BCUT2D eigenvalue weighted by molar-refractivity contribution is 0.550. The number of imidazole rings is 1. The van der Waals surface area contributed by atoms with Gasteiger partial charge in [-0.15, -0.1) is 0 Å². The number of nitrogens with two attached hydrogens (primary N) is 1. The van der Waals surface area contributed by atoms with Crippen LogP contribution in [0.2, 0.25) is 0 Å². The molecule has 2 atom stereocenters. The highest BCUT2D eigenvalue weighted by Crippen LogP contribution is 2.40. The monoisotopic (exact) mass is 247 g/mol. The minimum Gasteiger partial charge on any atom is -0.369 e. The summed E-state index contributed by atoms with van der Waals surface area (Å²) < 4.78 is 2.24. The van der Waals surface area contributed by atoms with Crippen LogP contribution in [0, 0.1) is 0 Å². The maximum atomic E-state index is 6.09. The van der Waals surface area contributed by atoms with Gasteiger partial charge in [-0.05, 0) is 31.2 Å². The fraction of sp³-hybridized carbons (Fsp3) is 0.462. The highest BCUT2D eigenvalue weighted by atomic mass is 32.2. The van der Waals surface area contributed by atoms with E-state index in [-0.39, 0.29) is 0 Å². The standard InChI is InChI=1S/C13H17N3S/c1-17-12-8-4-7-11(12)16-10-6-3-2-5-9(10)15-13(16)14/h2-3,5-6,11-12H,4,7-8H2,1H3,(H2,14,15). The summed E-state index contributed by atoms with van der Waals surface area (Å²) in [6.45, 7) is 0. The Morgan fingerprint density at radius 3 is 3.00 bits per heavy atom. The summed E-state index contributed by atoms with van der Waals surface area (Å²) in [6, 6.07) is 8.74. The number of benzene rings is 1. The summed E-state index contributed by atoms with van der Waals surface area (Å²) in [4.78, 5) is 4.46. The number of hydrogen-bond acceptors (Lipinski definition) is 3. The van der Waals surface area contributed by atoms with E-state index in [4.69, 9.17) is 5.73 Å². The highest BCUT2D eigenvalue weighted by molar-refractivity contribution is 7.99. The summed E-state index contributed by atoms with van der Waals surface area (Å²) in [7, 11) is 0. The van der Waals surface area contributed by atoms with E-state index in [2.05, 4.69) is 27.9 Å². The second-order valence-electron chi connectivity index (χ2n) is 4.60. The number of aromatic nitrogens is 2. The van der Waals surface area contributed by atoms with Gasteiger partial charge < -0.3 is 10.3 Å². The van der Waals surface area contributed by atoms with Gasteiger partial charge in [-0.3, -0.25) is 0 Å². The summed E-state index contributed by atoms with van der Waals surface area (Å²) in [6.07, 6.45) is 5.99. The largest absolute Gasteiger partial charge is 0.369 e. The van der Waals surface area contributed by atoms with E-state index in [0.29, 0.717) is 17.2 Å². The predicted octanol–water partition coefficient (Wildman–Crippen LogP) is 3.08. The number of para-hydroxylation sites is 2. The van der Waals surface area contributed by atoms with Gasteiger partial charge in [0.2, 0.25) is 5.95 Å². The van der Waals surface area contributed by atoms with Crippen molar-refractivity contribution in [3.63, 3.8) is 0 Å². The maximum Gasteiger partial charge on any atom is 0.201 e. The first-order valence-electron chi connectivity index (χ1n) is 6.06. The van der Waals surface area contributed by atoms with Gasteiger partial charge in [0, 0.05) is 11.3 Å². The van der Waals surface area contributed by atoms with Crippen molar-refractivity contribution in [2.24, 2.45) is 0 Å². The first-order chi connectivity index (χ1) is 8.31. The number of rotatable bonds is 2. The molecule has 3 rings (SSSR count). The average molecular weight is 247 g/mol. The number of hydrogen-bond donors (Lipinski definition) is 1. The van der Waals surface area contributed by atoms with Crippen LogP contribution in [0.3, 0.4) is 0 Å². The van der Waals surface area contributed by atoms with E-state index in [1.165, 1.54) is 24.8 Å². The molecule has 1 aliphatic carbocycles. The molecular weight excluding hydrogens is 230 g/mol. The molecule has 0 radical (unpaired) electrons. The Hall–Kier alpha value is -1.16. The van der Waals surface area contributed by atoms with Crippen LogP contribution >= 0.6 is 11.8 Å². The molecular formula is C13H17N3S. The number of thioether (sulfide) groups is 1. The van der Waals surface area contributed by atoms with E-state index in [9.17, 15) is 0 Å². The van der Waals surface area contributed by atoms with Gasteiger partial charge in [-0.1, -0.05) is 18.6 Å². The van der Waals surface area contributed by atoms with Gasteiger partial charge in [-0.2, -0.15) is 11.8 Å². The van der Waals surface area contributed by atoms with E-state index in [1.807, 2.05) is 23.9 Å². The molecule has 2 aromatic rings. The quantitative estimate of drug-likeness (QED) is 0.887. The van der Waals surface area contributed by atoms with E-state index < -0.39 is 0 Å². The van der Waals surface area contributed by atoms with Crippen molar-refractivity contribution in [2.75, 3.05) is 12.0 Å². The van der Waals surface area contributed by atoms with Crippen LogP contribution in [0.15, 0.2) is 24.3 Å². The topological polar surface area (TPSA) is 43.8 Å². The molecule has 0 bridgehead atoms. The van der Waals surface area contributed by atoms with Crippen molar-refractivity contribution in [1.82, 2.24) is 9.55 Å². The minimum absolute atomic E-state index is 0.511. The molecule has 0 aliphatic heterocycles. The second kappa shape index (κ2) is 4.26. The first-order valence-corrected chi connectivity index (χ1v) is 7.35. The first kappa shape index (κ1) is 11.0. The zero-order valence-corrected chi connectivity index (χ0v) is 10.8. The van der Waals surface area contributed by atoms with Crippen molar-refractivity contribution in [3.8, 4) is 0 Å². The third-order valence-electron chi connectivity index (χ3n) is 3.68. The molecule has 1 aliphatic rings. The minimum atomic E-state index is 0.511. The molecule has 1 saturated carbocycles. The van der Waals surface area contributed by atoms with Crippen LogP contribution in [-0.4, -0.2) is 21.1 Å². The summed E-state index contributed by atoms with van der Waals surface area (Å²) in [5, 5.41) is 0.676. The van der Waals surface area contributed by atoms with Crippen molar-refractivity contribution >= 4 is 28.7 Å². The molecule has 17 heavy (non-hydrogen) atoms. The van der Waals surface area contributed by atoms with Crippen molar-refractivity contribution in [3.05, 3.63) is 24.3 Å². The number of anilines is 1. The lowest BCUT2D eigenvalue weighted by atomic mass is 10.2. The molecule has 1 aromatic carbocycles. The third kappa shape index (κ3) is 1.71. The SMILES string of the molecule is CSC1CCCC1n1c(N)nc2ccccc21.